The summed E-state index contributed by atoms with van der Waals surface area (Å²) in [5.41, 5.74) is 1.83. The average Bonchev–Trinajstić information content (AvgIpc) is 2.90. The molecule has 0 radical (unpaired) electrons. The number of benzene rings is 1. The summed E-state index contributed by atoms with van der Waals surface area (Å²) in [6.07, 6.45) is 4.67. The van der Waals surface area contributed by atoms with Crippen molar-refractivity contribution in [1.29, 1.82) is 0 Å². The lowest BCUT2D eigenvalue weighted by atomic mass is 9.89. The van der Waals surface area contributed by atoms with Crippen LogP contribution in [0.3, 0.4) is 0 Å². The van der Waals surface area contributed by atoms with Gasteiger partial charge in [-0.3, -0.25) is 9.36 Å². The summed E-state index contributed by atoms with van der Waals surface area (Å²) >= 11 is 20.1. The third-order valence-electron chi connectivity index (χ3n) is 4.72. The highest BCUT2D eigenvalue weighted by molar-refractivity contribution is 7.18. The molecular weight excluding hydrogens is 399 g/mol. The van der Waals surface area contributed by atoms with E-state index < -0.39 is 0 Å². The number of hydrogen-bond donors (Lipinski definition) is 0. The van der Waals surface area contributed by atoms with Crippen LogP contribution < -0.4 is 5.56 Å². The first-order valence-electron chi connectivity index (χ1n) is 8.07. The molecule has 0 saturated carbocycles. The van der Waals surface area contributed by atoms with Crippen LogP contribution in [0.25, 0.3) is 10.2 Å². The summed E-state index contributed by atoms with van der Waals surface area (Å²) in [6.45, 7) is 2.53. The van der Waals surface area contributed by atoms with Gasteiger partial charge in [0.25, 0.3) is 5.56 Å². The number of hydrogen-bond acceptors (Lipinski definition) is 3. The molecule has 2 heterocycles. The van der Waals surface area contributed by atoms with E-state index in [1.807, 2.05) is 0 Å². The van der Waals surface area contributed by atoms with Crippen LogP contribution in [-0.2, 0) is 19.4 Å². The summed E-state index contributed by atoms with van der Waals surface area (Å²) in [7, 11) is 0. The maximum atomic E-state index is 13.1. The number of halogens is 3. The van der Waals surface area contributed by atoms with E-state index in [0.717, 1.165) is 29.5 Å². The molecule has 0 amide bonds. The van der Waals surface area contributed by atoms with E-state index in [9.17, 15) is 4.79 Å². The molecule has 0 fully saturated rings. The Labute approximate surface area is 164 Å². The Morgan fingerprint density at radius 1 is 1.28 bits per heavy atom. The minimum Gasteiger partial charge on any atom is -0.294 e. The van der Waals surface area contributed by atoms with Gasteiger partial charge in [-0.1, -0.05) is 41.7 Å². The maximum Gasteiger partial charge on any atom is 0.262 e. The Hall–Kier alpha value is -1.07. The van der Waals surface area contributed by atoms with E-state index in [4.69, 9.17) is 34.8 Å². The molecule has 1 aliphatic carbocycles. The predicted molar refractivity (Wildman–Crippen MR) is 106 cm³/mol. The quantitative estimate of drug-likeness (QED) is 0.549. The monoisotopic (exact) mass is 412 g/mol. The molecular formula is C18H15Cl3N2OS. The summed E-state index contributed by atoms with van der Waals surface area (Å²) < 4.78 is 1.58. The van der Waals surface area contributed by atoms with Crippen LogP contribution in [0.5, 0.6) is 0 Å². The first kappa shape index (κ1) is 17.3. The molecule has 4 rings (SSSR count). The molecule has 130 valence electrons. The van der Waals surface area contributed by atoms with Crippen LogP contribution in [0.15, 0.2) is 23.3 Å². The Kier molecular flexibility index (Phi) is 4.57. The van der Waals surface area contributed by atoms with Crippen molar-refractivity contribution in [3.8, 4) is 0 Å². The Morgan fingerprint density at radius 3 is 2.72 bits per heavy atom. The van der Waals surface area contributed by atoms with Crippen molar-refractivity contribution < 1.29 is 0 Å². The lowest BCUT2D eigenvalue weighted by Crippen LogP contribution is -2.22. The molecule has 1 aromatic carbocycles. The summed E-state index contributed by atoms with van der Waals surface area (Å²) in [5, 5.41) is 2.13. The average molecular weight is 414 g/mol. The number of aryl methyl sites for hydroxylation is 1. The highest BCUT2D eigenvalue weighted by atomic mass is 35.5. The topological polar surface area (TPSA) is 34.9 Å². The molecule has 3 aromatic rings. The van der Waals surface area contributed by atoms with E-state index in [-0.39, 0.29) is 12.1 Å². The molecule has 1 atom stereocenters. The molecule has 7 heteroatoms. The SMILES string of the molecule is CC1CCc2c(sc3ncn(Cc4c(Cl)cc(Cl)cc4Cl)c(=O)c23)C1. The van der Waals surface area contributed by atoms with Crippen molar-refractivity contribution in [2.75, 3.05) is 0 Å². The molecule has 3 nitrogen and oxygen atoms in total. The fourth-order valence-electron chi connectivity index (χ4n) is 3.37. The van der Waals surface area contributed by atoms with Crippen LogP contribution in [0, 0.1) is 5.92 Å². The van der Waals surface area contributed by atoms with Crippen molar-refractivity contribution in [3.05, 3.63) is 59.9 Å². The Morgan fingerprint density at radius 2 is 2.00 bits per heavy atom. The van der Waals surface area contributed by atoms with E-state index in [1.54, 1.807) is 34.4 Å². The molecule has 25 heavy (non-hydrogen) atoms. The van der Waals surface area contributed by atoms with Crippen LogP contribution >= 0.6 is 46.1 Å². The summed E-state index contributed by atoms with van der Waals surface area (Å²) in [4.78, 5) is 19.7. The number of nitrogens with zero attached hydrogens (tertiary/aromatic N) is 2. The van der Waals surface area contributed by atoms with Gasteiger partial charge in [0.1, 0.15) is 4.83 Å². The highest BCUT2D eigenvalue weighted by Gasteiger charge is 2.23. The van der Waals surface area contributed by atoms with Crippen molar-refractivity contribution in [1.82, 2.24) is 9.55 Å². The van der Waals surface area contributed by atoms with E-state index in [2.05, 4.69) is 11.9 Å². The van der Waals surface area contributed by atoms with Gasteiger partial charge in [0.2, 0.25) is 0 Å². The minimum absolute atomic E-state index is 0.0286. The lowest BCUT2D eigenvalue weighted by Gasteiger charge is -2.17. The van der Waals surface area contributed by atoms with Crippen molar-refractivity contribution in [2.24, 2.45) is 5.92 Å². The van der Waals surface area contributed by atoms with Gasteiger partial charge in [-0.2, -0.15) is 0 Å². The van der Waals surface area contributed by atoms with Crippen LogP contribution in [-0.4, -0.2) is 9.55 Å². The molecule has 0 aliphatic heterocycles. The van der Waals surface area contributed by atoms with Crippen LogP contribution in [0.4, 0.5) is 0 Å². The summed E-state index contributed by atoms with van der Waals surface area (Å²) in [5.74, 6) is 0.662. The first-order chi connectivity index (χ1) is 11.9. The second kappa shape index (κ2) is 6.58. The van der Waals surface area contributed by atoms with Crippen molar-refractivity contribution in [2.45, 2.75) is 32.7 Å². The maximum absolute atomic E-state index is 13.1. The number of fused-ring (bicyclic) bond motifs is 3. The third-order valence-corrected chi connectivity index (χ3v) is 6.77. The number of rotatable bonds is 2. The third kappa shape index (κ3) is 3.10. The Bertz CT molecular complexity index is 1020. The van der Waals surface area contributed by atoms with Gasteiger partial charge in [0.15, 0.2) is 0 Å². The zero-order valence-corrected chi connectivity index (χ0v) is 16.6. The Balaban J connectivity index is 1.82. The van der Waals surface area contributed by atoms with Gasteiger partial charge in [-0.25, -0.2) is 4.98 Å². The second-order valence-corrected chi connectivity index (χ2v) is 8.89. The molecule has 1 aliphatic rings. The van der Waals surface area contributed by atoms with Gasteiger partial charge < -0.3 is 0 Å². The van der Waals surface area contributed by atoms with E-state index in [0.29, 0.717) is 26.5 Å². The second-order valence-electron chi connectivity index (χ2n) is 6.56. The van der Waals surface area contributed by atoms with Crippen LogP contribution in [0.1, 0.15) is 29.3 Å². The number of thiophene rings is 1. The zero-order chi connectivity index (χ0) is 17.7. The predicted octanol–water partition coefficient (Wildman–Crippen LogP) is 5.59. The molecule has 2 aromatic heterocycles. The van der Waals surface area contributed by atoms with E-state index in [1.165, 1.54) is 10.4 Å². The highest BCUT2D eigenvalue weighted by Crippen LogP contribution is 2.36. The first-order valence-corrected chi connectivity index (χ1v) is 10.0. The van der Waals surface area contributed by atoms with Gasteiger partial charge in [-0.15, -0.1) is 11.3 Å². The zero-order valence-electron chi connectivity index (χ0n) is 13.5. The fourth-order valence-corrected chi connectivity index (χ4v) is 5.65. The van der Waals surface area contributed by atoms with Gasteiger partial charge in [0.05, 0.1) is 18.3 Å². The molecule has 1 unspecified atom stereocenters. The smallest absolute Gasteiger partial charge is 0.262 e. The molecule has 0 bridgehead atoms. The van der Waals surface area contributed by atoms with Crippen molar-refractivity contribution >= 4 is 56.4 Å². The molecule has 0 saturated heterocycles. The summed E-state index contributed by atoms with van der Waals surface area (Å²) in [6, 6.07) is 3.27. The largest absolute Gasteiger partial charge is 0.294 e. The molecule has 0 N–H and O–H groups in total. The molecule has 0 spiro atoms. The van der Waals surface area contributed by atoms with Crippen LogP contribution in [0.2, 0.25) is 15.1 Å². The van der Waals surface area contributed by atoms with Gasteiger partial charge in [-0.05, 0) is 42.9 Å². The van der Waals surface area contributed by atoms with Crippen molar-refractivity contribution in [3.63, 3.8) is 0 Å². The van der Waals surface area contributed by atoms with E-state index >= 15 is 0 Å². The van der Waals surface area contributed by atoms with Gasteiger partial charge in [0, 0.05) is 25.5 Å². The lowest BCUT2D eigenvalue weighted by molar-refractivity contribution is 0.509. The normalized spacial score (nSPS) is 17.0. The fraction of sp³-hybridized carbons (Fsp3) is 0.333. The van der Waals surface area contributed by atoms with Gasteiger partial charge >= 0.3 is 0 Å². The minimum atomic E-state index is -0.0286. The number of aromatic nitrogens is 2. The standard InChI is InChI=1S/C18H15Cl3N2OS/c1-9-2-3-11-15(4-9)25-17-16(11)18(24)23(8-22-17)7-12-13(20)5-10(19)6-14(12)21/h5-6,8-9H,2-4,7H2,1H3.